The summed E-state index contributed by atoms with van der Waals surface area (Å²) >= 11 is 0. The Kier molecular flexibility index (Phi) is 5.28. The molecule has 25 heavy (non-hydrogen) atoms. The highest BCUT2D eigenvalue weighted by Crippen LogP contribution is 2.27. The first-order valence-electron chi connectivity index (χ1n) is 8.47. The number of amides is 1. The highest BCUT2D eigenvalue weighted by atomic mass is 16.5. The topological polar surface area (TPSA) is 74.9 Å². The van der Waals surface area contributed by atoms with Gasteiger partial charge in [-0.2, -0.15) is 0 Å². The summed E-state index contributed by atoms with van der Waals surface area (Å²) in [5.74, 6) is 1.65. The Morgan fingerprint density at radius 3 is 2.96 bits per heavy atom. The van der Waals surface area contributed by atoms with Gasteiger partial charge in [-0.25, -0.2) is 0 Å². The summed E-state index contributed by atoms with van der Waals surface area (Å²) in [7, 11) is 1.54. The van der Waals surface area contributed by atoms with Crippen LogP contribution in [0.2, 0.25) is 0 Å². The maximum atomic E-state index is 12.1. The van der Waals surface area contributed by atoms with Crippen LogP contribution >= 0.6 is 0 Å². The number of phenols is 1. The number of nitrogens with zero attached hydrogens (tertiary/aromatic N) is 1. The number of carbonyl (C=O) groups excluding carboxylic acids is 1. The number of nitrogens with one attached hydrogen (secondary N) is 1. The smallest absolute Gasteiger partial charge is 0.254 e. The van der Waals surface area contributed by atoms with Gasteiger partial charge >= 0.3 is 0 Å². The number of benzene rings is 1. The number of aryl methyl sites for hydroxylation is 1. The van der Waals surface area contributed by atoms with Crippen LogP contribution in [0.15, 0.2) is 34.9 Å². The Hall–Kier alpha value is -2.47. The molecule has 134 valence electrons. The lowest BCUT2D eigenvalue weighted by Gasteiger charge is -2.17. The van der Waals surface area contributed by atoms with Crippen molar-refractivity contribution < 1.29 is 19.1 Å². The molecule has 1 aliphatic rings. The van der Waals surface area contributed by atoms with E-state index < -0.39 is 0 Å². The fourth-order valence-corrected chi connectivity index (χ4v) is 3.27. The number of rotatable bonds is 6. The summed E-state index contributed by atoms with van der Waals surface area (Å²) in [5.41, 5.74) is 1.65. The SMILES string of the molecule is COc1ccc(CN2CC[C@@H](CNC(=O)c3ccoc3C)C2)cc1O. The number of carbonyl (C=O) groups is 1. The zero-order valence-corrected chi connectivity index (χ0v) is 14.6. The van der Waals surface area contributed by atoms with E-state index in [0.717, 1.165) is 31.6 Å². The molecule has 0 unspecified atom stereocenters. The van der Waals surface area contributed by atoms with Crippen LogP contribution in [0.3, 0.4) is 0 Å². The lowest BCUT2D eigenvalue weighted by atomic mass is 10.1. The quantitative estimate of drug-likeness (QED) is 0.842. The van der Waals surface area contributed by atoms with Crippen LogP contribution in [0.5, 0.6) is 11.5 Å². The first-order chi connectivity index (χ1) is 12.1. The Labute approximate surface area is 147 Å². The highest BCUT2D eigenvalue weighted by molar-refractivity contribution is 5.95. The molecule has 3 rings (SSSR count). The summed E-state index contributed by atoms with van der Waals surface area (Å²) in [4.78, 5) is 14.5. The van der Waals surface area contributed by atoms with Gasteiger partial charge in [0.15, 0.2) is 11.5 Å². The van der Waals surface area contributed by atoms with Gasteiger partial charge in [0.05, 0.1) is 18.9 Å². The molecule has 1 atom stereocenters. The van der Waals surface area contributed by atoms with Gasteiger partial charge in [0.25, 0.3) is 5.91 Å². The second kappa shape index (κ2) is 7.61. The third-order valence-corrected chi connectivity index (χ3v) is 4.67. The van der Waals surface area contributed by atoms with Crippen LogP contribution in [0.25, 0.3) is 0 Å². The Morgan fingerprint density at radius 2 is 2.28 bits per heavy atom. The number of methoxy groups -OCH3 is 1. The molecular weight excluding hydrogens is 320 g/mol. The molecule has 0 bridgehead atoms. The average molecular weight is 344 g/mol. The van der Waals surface area contributed by atoms with Crippen molar-refractivity contribution in [1.82, 2.24) is 10.2 Å². The van der Waals surface area contributed by atoms with Gasteiger partial charge in [0.2, 0.25) is 0 Å². The number of likely N-dealkylation sites (tertiary alicyclic amines) is 1. The van der Waals surface area contributed by atoms with Gasteiger partial charge in [-0.05, 0) is 49.6 Å². The summed E-state index contributed by atoms with van der Waals surface area (Å²) in [5, 5.41) is 12.9. The number of ether oxygens (including phenoxy) is 1. The summed E-state index contributed by atoms with van der Waals surface area (Å²) < 4.78 is 10.2. The molecule has 1 fully saturated rings. The number of aromatic hydroxyl groups is 1. The monoisotopic (exact) mass is 344 g/mol. The van der Waals surface area contributed by atoms with Crippen molar-refractivity contribution in [2.45, 2.75) is 19.9 Å². The van der Waals surface area contributed by atoms with Gasteiger partial charge in [-0.15, -0.1) is 0 Å². The maximum absolute atomic E-state index is 12.1. The Balaban J connectivity index is 1.48. The standard InChI is InChI=1S/C19H24N2O4/c1-13-16(6-8-25-13)19(23)20-10-15-5-7-21(12-15)11-14-3-4-18(24-2)17(22)9-14/h3-4,6,8-9,15,22H,5,7,10-12H2,1-2H3,(H,20,23)/t15-/m0/s1. The predicted octanol–water partition coefficient (Wildman–Crippen LogP) is 2.55. The molecule has 0 spiro atoms. The molecule has 2 heterocycles. The summed E-state index contributed by atoms with van der Waals surface area (Å²) in [6.45, 7) is 5.14. The zero-order chi connectivity index (χ0) is 17.8. The second-order valence-electron chi connectivity index (χ2n) is 6.50. The van der Waals surface area contributed by atoms with E-state index in [9.17, 15) is 9.90 Å². The molecule has 0 aliphatic carbocycles. The largest absolute Gasteiger partial charge is 0.504 e. The van der Waals surface area contributed by atoms with Crippen molar-refractivity contribution in [3.05, 3.63) is 47.4 Å². The molecule has 1 aromatic heterocycles. The van der Waals surface area contributed by atoms with E-state index in [1.807, 2.05) is 6.07 Å². The molecular formula is C19H24N2O4. The first kappa shape index (κ1) is 17.4. The van der Waals surface area contributed by atoms with Crippen molar-refractivity contribution in [2.24, 2.45) is 5.92 Å². The minimum Gasteiger partial charge on any atom is -0.504 e. The molecule has 1 aromatic carbocycles. The van der Waals surface area contributed by atoms with E-state index >= 15 is 0 Å². The van der Waals surface area contributed by atoms with Crippen molar-refractivity contribution in [3.63, 3.8) is 0 Å². The third-order valence-electron chi connectivity index (χ3n) is 4.67. The normalized spacial score (nSPS) is 17.6. The van der Waals surface area contributed by atoms with Crippen molar-refractivity contribution in [2.75, 3.05) is 26.7 Å². The molecule has 1 saturated heterocycles. The molecule has 6 nitrogen and oxygen atoms in total. The lowest BCUT2D eigenvalue weighted by Crippen LogP contribution is -2.31. The van der Waals surface area contributed by atoms with E-state index in [1.54, 1.807) is 32.2 Å². The second-order valence-corrected chi connectivity index (χ2v) is 6.50. The molecule has 1 amide bonds. The first-order valence-corrected chi connectivity index (χ1v) is 8.47. The van der Waals surface area contributed by atoms with Crippen molar-refractivity contribution in [3.8, 4) is 11.5 Å². The third kappa shape index (κ3) is 4.14. The van der Waals surface area contributed by atoms with Crippen LogP contribution in [-0.4, -0.2) is 42.7 Å². The Bertz CT molecular complexity index is 741. The average Bonchev–Trinajstić information content (AvgIpc) is 3.22. The van der Waals surface area contributed by atoms with E-state index in [2.05, 4.69) is 10.2 Å². The van der Waals surface area contributed by atoms with E-state index in [4.69, 9.17) is 9.15 Å². The van der Waals surface area contributed by atoms with Crippen LogP contribution in [-0.2, 0) is 6.54 Å². The van der Waals surface area contributed by atoms with Crippen LogP contribution in [0.1, 0.15) is 28.1 Å². The predicted molar refractivity (Wildman–Crippen MR) is 93.8 cm³/mol. The van der Waals surface area contributed by atoms with E-state index in [1.165, 1.54) is 6.26 Å². The molecule has 2 N–H and O–H groups in total. The van der Waals surface area contributed by atoms with Crippen molar-refractivity contribution in [1.29, 1.82) is 0 Å². The number of furan rings is 1. The molecule has 0 saturated carbocycles. The van der Waals surface area contributed by atoms with Gasteiger partial charge in [0, 0.05) is 19.6 Å². The Morgan fingerprint density at radius 1 is 1.44 bits per heavy atom. The van der Waals surface area contributed by atoms with E-state index in [0.29, 0.717) is 29.5 Å². The number of hydrogen-bond acceptors (Lipinski definition) is 5. The van der Waals surface area contributed by atoms with Gasteiger partial charge in [0.1, 0.15) is 5.76 Å². The van der Waals surface area contributed by atoms with Crippen LogP contribution in [0.4, 0.5) is 0 Å². The number of hydrogen-bond donors (Lipinski definition) is 2. The van der Waals surface area contributed by atoms with E-state index in [-0.39, 0.29) is 11.7 Å². The van der Waals surface area contributed by atoms with Gasteiger partial charge < -0.3 is 19.6 Å². The maximum Gasteiger partial charge on any atom is 0.254 e. The number of phenolic OH excluding ortho intramolecular Hbond substituents is 1. The molecule has 2 aromatic rings. The fraction of sp³-hybridized carbons (Fsp3) is 0.421. The molecule has 6 heteroatoms. The summed E-state index contributed by atoms with van der Waals surface area (Å²) in [6, 6.07) is 7.19. The minimum absolute atomic E-state index is 0.0789. The fourth-order valence-electron chi connectivity index (χ4n) is 3.27. The highest BCUT2D eigenvalue weighted by Gasteiger charge is 2.23. The van der Waals surface area contributed by atoms with Crippen molar-refractivity contribution >= 4 is 5.91 Å². The summed E-state index contributed by atoms with van der Waals surface area (Å²) in [6.07, 6.45) is 2.58. The zero-order valence-electron chi connectivity index (χ0n) is 14.6. The van der Waals surface area contributed by atoms with Crippen LogP contribution < -0.4 is 10.1 Å². The van der Waals surface area contributed by atoms with Gasteiger partial charge in [-0.3, -0.25) is 9.69 Å². The molecule has 0 radical (unpaired) electrons. The molecule has 1 aliphatic heterocycles. The lowest BCUT2D eigenvalue weighted by molar-refractivity contribution is 0.0945. The van der Waals surface area contributed by atoms with Gasteiger partial charge in [-0.1, -0.05) is 6.07 Å². The minimum atomic E-state index is -0.0789. The van der Waals surface area contributed by atoms with Crippen LogP contribution in [0, 0.1) is 12.8 Å².